The maximum atomic E-state index is 12.3. The molecule has 1 fully saturated rings. The maximum Gasteiger partial charge on any atom is 0.232 e. The highest BCUT2D eigenvalue weighted by Gasteiger charge is 2.20. The van der Waals surface area contributed by atoms with E-state index in [0.29, 0.717) is 11.8 Å². The lowest BCUT2D eigenvalue weighted by Crippen LogP contribution is -2.41. The van der Waals surface area contributed by atoms with Crippen molar-refractivity contribution >= 4 is 16.7 Å². The first-order chi connectivity index (χ1) is 11.2. The van der Waals surface area contributed by atoms with Crippen LogP contribution in [0.5, 0.6) is 0 Å². The lowest BCUT2D eigenvalue weighted by molar-refractivity contribution is -0.119. The normalized spacial score (nSPS) is 15.7. The molecule has 0 saturated heterocycles. The molecule has 23 heavy (non-hydrogen) atoms. The zero-order chi connectivity index (χ0) is 16.1. The van der Waals surface area contributed by atoms with E-state index in [1.807, 2.05) is 54.6 Å². The first-order valence-electron chi connectivity index (χ1n) is 8.00. The number of nitrogens with one attached hydrogen (secondary N) is 1. The van der Waals surface area contributed by atoms with Gasteiger partial charge in [0.05, 0.1) is 0 Å². The van der Waals surface area contributed by atoms with Crippen molar-refractivity contribution < 1.29 is 9.00 Å². The zero-order valence-corrected chi connectivity index (χ0v) is 13.9. The number of hydrogen-bond donors (Lipinski definition) is 1. The van der Waals surface area contributed by atoms with Gasteiger partial charge < -0.3 is 5.32 Å². The summed E-state index contributed by atoms with van der Waals surface area (Å²) < 4.78 is 12.3. The van der Waals surface area contributed by atoms with E-state index in [1.165, 1.54) is 6.42 Å². The molecule has 0 aliphatic heterocycles. The minimum absolute atomic E-state index is 0.0830. The zero-order valence-electron chi connectivity index (χ0n) is 13.0. The topological polar surface area (TPSA) is 46.2 Å². The van der Waals surface area contributed by atoms with Crippen LogP contribution in [0.25, 0.3) is 11.1 Å². The van der Waals surface area contributed by atoms with Crippen LogP contribution in [-0.2, 0) is 21.3 Å². The Hall–Kier alpha value is -1.94. The monoisotopic (exact) mass is 327 g/mol. The van der Waals surface area contributed by atoms with E-state index >= 15 is 0 Å². The van der Waals surface area contributed by atoms with E-state index in [0.717, 1.165) is 29.5 Å². The van der Waals surface area contributed by atoms with Gasteiger partial charge in [-0.3, -0.25) is 9.00 Å². The van der Waals surface area contributed by atoms with Crippen LogP contribution >= 0.6 is 0 Å². The lowest BCUT2D eigenvalue weighted by Gasteiger charge is -2.26. The van der Waals surface area contributed by atoms with E-state index in [4.69, 9.17) is 0 Å². The van der Waals surface area contributed by atoms with Crippen LogP contribution in [0.1, 0.15) is 24.8 Å². The molecule has 1 aliphatic rings. The molecule has 3 rings (SSSR count). The van der Waals surface area contributed by atoms with Gasteiger partial charge in [-0.15, -0.1) is 0 Å². The Bertz CT molecular complexity index is 696. The second-order valence-corrected chi connectivity index (χ2v) is 7.40. The molecule has 1 atom stereocenters. The van der Waals surface area contributed by atoms with Gasteiger partial charge in [-0.05, 0) is 36.0 Å². The van der Waals surface area contributed by atoms with Crippen LogP contribution in [0.4, 0.5) is 0 Å². The fourth-order valence-corrected chi connectivity index (χ4v) is 3.81. The summed E-state index contributed by atoms with van der Waals surface area (Å²) in [6.07, 6.45) is 3.28. The van der Waals surface area contributed by atoms with E-state index < -0.39 is 10.8 Å². The maximum absolute atomic E-state index is 12.3. The third kappa shape index (κ3) is 4.29. The van der Waals surface area contributed by atoms with Gasteiger partial charge in [0.2, 0.25) is 5.91 Å². The van der Waals surface area contributed by atoms with Crippen LogP contribution < -0.4 is 5.32 Å². The Morgan fingerprint density at radius 3 is 2.43 bits per heavy atom. The number of carbonyl (C=O) groups is 1. The molecule has 1 aliphatic carbocycles. The SMILES string of the molecule is O=C(CS(=O)Cc1ccccc1-c1ccccc1)NC1CCC1. The molecule has 0 heterocycles. The molecule has 120 valence electrons. The first kappa shape index (κ1) is 15.9. The predicted octanol–water partition coefficient (Wildman–Crippen LogP) is 3.27. The summed E-state index contributed by atoms with van der Waals surface area (Å²) in [7, 11) is -1.19. The Kier molecular flexibility index (Phi) is 5.23. The molecule has 1 amide bonds. The Morgan fingerprint density at radius 1 is 1.04 bits per heavy atom. The molecule has 2 aromatic carbocycles. The number of benzene rings is 2. The smallest absolute Gasteiger partial charge is 0.232 e. The average molecular weight is 327 g/mol. The van der Waals surface area contributed by atoms with Crippen LogP contribution in [0.3, 0.4) is 0 Å². The van der Waals surface area contributed by atoms with Crippen molar-refractivity contribution in [1.82, 2.24) is 5.32 Å². The Labute approximate surface area is 139 Å². The summed E-state index contributed by atoms with van der Waals surface area (Å²) in [6, 6.07) is 18.3. The van der Waals surface area contributed by atoms with E-state index in [2.05, 4.69) is 5.32 Å². The van der Waals surface area contributed by atoms with Crippen LogP contribution in [0, 0.1) is 0 Å². The number of carbonyl (C=O) groups excluding carboxylic acids is 1. The Morgan fingerprint density at radius 2 is 1.74 bits per heavy atom. The highest BCUT2D eigenvalue weighted by Crippen LogP contribution is 2.24. The standard InChI is InChI=1S/C19H21NO2S/c21-19(20-17-10-6-11-17)14-23(22)13-16-9-4-5-12-18(16)15-7-2-1-3-8-15/h1-5,7-9,12,17H,6,10-11,13-14H2,(H,20,21). The molecule has 1 unspecified atom stereocenters. The van der Waals surface area contributed by atoms with E-state index in [9.17, 15) is 9.00 Å². The van der Waals surface area contributed by atoms with Crippen molar-refractivity contribution in [2.45, 2.75) is 31.1 Å². The van der Waals surface area contributed by atoms with Gasteiger partial charge in [0.15, 0.2) is 0 Å². The van der Waals surface area contributed by atoms with E-state index in [1.54, 1.807) is 0 Å². The molecule has 0 spiro atoms. The second kappa shape index (κ2) is 7.55. The van der Waals surface area contributed by atoms with Gasteiger partial charge in [0.1, 0.15) is 5.75 Å². The summed E-state index contributed by atoms with van der Waals surface area (Å²) in [5.41, 5.74) is 3.22. The third-order valence-electron chi connectivity index (χ3n) is 4.18. The number of rotatable bonds is 6. The highest BCUT2D eigenvalue weighted by molar-refractivity contribution is 7.84. The van der Waals surface area contributed by atoms with Gasteiger partial charge in [-0.1, -0.05) is 54.6 Å². The lowest BCUT2D eigenvalue weighted by atomic mass is 9.93. The minimum Gasteiger partial charge on any atom is -0.353 e. The minimum atomic E-state index is -1.19. The molecule has 4 heteroatoms. The predicted molar refractivity (Wildman–Crippen MR) is 94.4 cm³/mol. The van der Waals surface area contributed by atoms with Crippen molar-refractivity contribution in [2.75, 3.05) is 5.75 Å². The Balaban J connectivity index is 1.65. The number of hydrogen-bond acceptors (Lipinski definition) is 2. The molecule has 1 N–H and O–H groups in total. The summed E-state index contributed by atoms with van der Waals surface area (Å²) in [6.45, 7) is 0. The van der Waals surface area contributed by atoms with Crippen LogP contribution in [-0.4, -0.2) is 21.9 Å². The van der Waals surface area contributed by atoms with Crippen LogP contribution in [0.2, 0.25) is 0 Å². The summed E-state index contributed by atoms with van der Waals surface area (Å²) in [5.74, 6) is 0.396. The van der Waals surface area contributed by atoms with Crippen molar-refractivity contribution in [2.24, 2.45) is 0 Å². The van der Waals surface area contributed by atoms with Gasteiger partial charge in [-0.2, -0.15) is 0 Å². The van der Waals surface area contributed by atoms with Crippen molar-refractivity contribution in [3.8, 4) is 11.1 Å². The molecule has 0 bridgehead atoms. The molecule has 3 nitrogen and oxygen atoms in total. The fourth-order valence-electron chi connectivity index (χ4n) is 2.74. The van der Waals surface area contributed by atoms with Gasteiger partial charge in [-0.25, -0.2) is 0 Å². The number of amides is 1. The quantitative estimate of drug-likeness (QED) is 0.885. The largest absolute Gasteiger partial charge is 0.353 e. The molecular formula is C19H21NO2S. The average Bonchev–Trinajstić information content (AvgIpc) is 2.52. The molecule has 0 aromatic heterocycles. The van der Waals surface area contributed by atoms with Crippen molar-refractivity contribution in [3.63, 3.8) is 0 Å². The summed E-state index contributed by atoms with van der Waals surface area (Å²) in [5, 5.41) is 2.95. The second-order valence-electron chi connectivity index (χ2n) is 5.95. The van der Waals surface area contributed by atoms with Crippen LogP contribution in [0.15, 0.2) is 54.6 Å². The first-order valence-corrected chi connectivity index (χ1v) is 9.49. The molecule has 2 aromatic rings. The fraction of sp³-hybridized carbons (Fsp3) is 0.316. The van der Waals surface area contributed by atoms with Crippen molar-refractivity contribution in [1.29, 1.82) is 0 Å². The van der Waals surface area contributed by atoms with Gasteiger partial charge >= 0.3 is 0 Å². The van der Waals surface area contributed by atoms with Gasteiger partial charge in [0.25, 0.3) is 0 Å². The summed E-state index contributed by atoms with van der Waals surface area (Å²) in [4.78, 5) is 11.9. The van der Waals surface area contributed by atoms with Crippen molar-refractivity contribution in [3.05, 3.63) is 60.2 Å². The molecular weight excluding hydrogens is 306 g/mol. The highest BCUT2D eigenvalue weighted by atomic mass is 32.2. The third-order valence-corrected chi connectivity index (χ3v) is 5.40. The van der Waals surface area contributed by atoms with E-state index in [-0.39, 0.29) is 11.7 Å². The molecule has 1 saturated carbocycles. The summed E-state index contributed by atoms with van der Waals surface area (Å²) >= 11 is 0. The van der Waals surface area contributed by atoms with Gasteiger partial charge in [0, 0.05) is 22.6 Å². The molecule has 0 radical (unpaired) electrons.